The van der Waals surface area contributed by atoms with Crippen LogP contribution in [-0.4, -0.2) is 38.2 Å². The van der Waals surface area contributed by atoms with Gasteiger partial charge in [-0.1, -0.05) is 25.1 Å². The van der Waals surface area contributed by atoms with Crippen molar-refractivity contribution in [2.24, 2.45) is 0 Å². The lowest BCUT2D eigenvalue weighted by molar-refractivity contribution is -0.122. The van der Waals surface area contributed by atoms with Crippen molar-refractivity contribution in [2.75, 3.05) is 25.6 Å². The Hall–Kier alpha value is -2.86. The Bertz CT molecular complexity index is 897. The molecule has 0 aromatic heterocycles. The number of benzene rings is 2. The molecule has 2 amide bonds. The molecule has 1 aliphatic rings. The Labute approximate surface area is 184 Å². The number of rotatable bonds is 10. The number of ether oxygens (including phenoxy) is 2. The Morgan fingerprint density at radius 2 is 1.84 bits per heavy atom. The molecule has 6 heteroatoms. The molecule has 166 valence electrons. The van der Waals surface area contributed by atoms with E-state index >= 15 is 0 Å². The first kappa shape index (κ1) is 22.8. The molecule has 0 fully saturated rings. The second-order valence-corrected chi connectivity index (χ2v) is 7.79. The zero-order chi connectivity index (χ0) is 22.1. The van der Waals surface area contributed by atoms with E-state index in [2.05, 4.69) is 22.8 Å². The highest BCUT2D eigenvalue weighted by Gasteiger charge is 2.21. The summed E-state index contributed by atoms with van der Waals surface area (Å²) >= 11 is 0. The van der Waals surface area contributed by atoms with E-state index in [0.29, 0.717) is 36.6 Å². The van der Waals surface area contributed by atoms with Gasteiger partial charge in [0.15, 0.2) is 6.10 Å². The molecule has 2 aromatic carbocycles. The third kappa shape index (κ3) is 6.31. The van der Waals surface area contributed by atoms with E-state index in [0.717, 1.165) is 19.3 Å². The van der Waals surface area contributed by atoms with Crippen molar-refractivity contribution in [1.29, 1.82) is 0 Å². The first-order valence-electron chi connectivity index (χ1n) is 11.1. The van der Waals surface area contributed by atoms with Gasteiger partial charge in [0.05, 0.1) is 11.3 Å². The number of fused-ring (bicyclic) bond motifs is 1. The number of carbonyl (C=O) groups excluding carboxylic acids is 2. The molecule has 0 heterocycles. The van der Waals surface area contributed by atoms with Crippen LogP contribution in [0.3, 0.4) is 0 Å². The lowest BCUT2D eigenvalue weighted by Crippen LogP contribution is -2.33. The molecule has 2 N–H and O–H groups in total. The van der Waals surface area contributed by atoms with E-state index < -0.39 is 6.10 Å². The van der Waals surface area contributed by atoms with Gasteiger partial charge in [-0.25, -0.2) is 0 Å². The molecule has 0 spiro atoms. The summed E-state index contributed by atoms with van der Waals surface area (Å²) in [7, 11) is 1.63. The zero-order valence-corrected chi connectivity index (χ0v) is 18.4. The van der Waals surface area contributed by atoms with Gasteiger partial charge in [-0.3, -0.25) is 9.59 Å². The van der Waals surface area contributed by atoms with Gasteiger partial charge in [0.2, 0.25) is 0 Å². The number of hydrogen-bond acceptors (Lipinski definition) is 4. The van der Waals surface area contributed by atoms with E-state index in [1.807, 2.05) is 13.0 Å². The largest absolute Gasteiger partial charge is 0.481 e. The van der Waals surface area contributed by atoms with Gasteiger partial charge in [0.1, 0.15) is 5.75 Å². The monoisotopic (exact) mass is 424 g/mol. The van der Waals surface area contributed by atoms with Crippen LogP contribution in [0.1, 0.15) is 54.1 Å². The van der Waals surface area contributed by atoms with Crippen molar-refractivity contribution >= 4 is 17.5 Å². The Balaban J connectivity index is 1.65. The summed E-state index contributed by atoms with van der Waals surface area (Å²) < 4.78 is 11.0. The second kappa shape index (κ2) is 11.5. The minimum atomic E-state index is -0.639. The SMILES string of the molecule is CC[C@@H](Oc1ccc2c(c1)CCCC2)C(=O)Nc1ccccc1C(=O)NCCCOC. The highest BCUT2D eigenvalue weighted by atomic mass is 16.5. The molecule has 0 saturated heterocycles. The number of aryl methyl sites for hydroxylation is 2. The number of nitrogens with one attached hydrogen (secondary N) is 2. The molecular weight excluding hydrogens is 392 g/mol. The molecule has 0 aliphatic heterocycles. The van der Waals surface area contributed by atoms with E-state index in [-0.39, 0.29) is 11.8 Å². The summed E-state index contributed by atoms with van der Waals surface area (Å²) in [5, 5.41) is 5.74. The summed E-state index contributed by atoms with van der Waals surface area (Å²) in [5.74, 6) is 0.224. The minimum Gasteiger partial charge on any atom is -0.481 e. The molecule has 3 rings (SSSR count). The van der Waals surface area contributed by atoms with Gasteiger partial charge >= 0.3 is 0 Å². The van der Waals surface area contributed by atoms with Crippen LogP contribution >= 0.6 is 0 Å². The van der Waals surface area contributed by atoms with Crippen molar-refractivity contribution < 1.29 is 19.1 Å². The molecule has 0 radical (unpaired) electrons. The molecule has 6 nitrogen and oxygen atoms in total. The highest BCUT2D eigenvalue weighted by molar-refractivity contribution is 6.04. The molecule has 0 unspecified atom stereocenters. The molecular formula is C25H32N2O4. The molecule has 0 saturated carbocycles. The molecule has 1 aliphatic carbocycles. The first-order chi connectivity index (χ1) is 15.1. The van der Waals surface area contributed by atoms with Gasteiger partial charge in [0, 0.05) is 20.3 Å². The van der Waals surface area contributed by atoms with Gasteiger partial charge in [-0.15, -0.1) is 0 Å². The van der Waals surface area contributed by atoms with E-state index in [1.54, 1.807) is 31.4 Å². The normalized spacial score (nSPS) is 13.7. The number of methoxy groups -OCH3 is 1. The summed E-state index contributed by atoms with van der Waals surface area (Å²) in [6.45, 7) is 3.00. The second-order valence-electron chi connectivity index (χ2n) is 7.79. The predicted molar refractivity (Wildman–Crippen MR) is 122 cm³/mol. The number of amides is 2. The predicted octanol–water partition coefficient (Wildman–Crippen LogP) is 4.13. The van der Waals surface area contributed by atoms with Gasteiger partial charge in [-0.2, -0.15) is 0 Å². The third-order valence-electron chi connectivity index (χ3n) is 5.50. The van der Waals surface area contributed by atoms with Gasteiger partial charge in [0.25, 0.3) is 11.8 Å². The lowest BCUT2D eigenvalue weighted by Gasteiger charge is -2.21. The van der Waals surface area contributed by atoms with Crippen molar-refractivity contribution in [3.05, 3.63) is 59.2 Å². The Morgan fingerprint density at radius 3 is 2.61 bits per heavy atom. The smallest absolute Gasteiger partial charge is 0.265 e. The number of hydrogen-bond donors (Lipinski definition) is 2. The van der Waals surface area contributed by atoms with Crippen molar-refractivity contribution in [1.82, 2.24) is 5.32 Å². The van der Waals surface area contributed by atoms with Gasteiger partial charge in [-0.05, 0) is 73.9 Å². The van der Waals surface area contributed by atoms with Crippen LogP contribution in [0.25, 0.3) is 0 Å². The fourth-order valence-corrected chi connectivity index (χ4v) is 3.79. The van der Waals surface area contributed by atoms with E-state index in [4.69, 9.17) is 9.47 Å². The average Bonchev–Trinajstić information content (AvgIpc) is 2.80. The molecule has 2 aromatic rings. The van der Waals surface area contributed by atoms with E-state index in [1.165, 1.54) is 24.0 Å². The van der Waals surface area contributed by atoms with Crippen molar-refractivity contribution in [2.45, 2.75) is 51.6 Å². The van der Waals surface area contributed by atoms with Crippen molar-refractivity contribution in [3.8, 4) is 5.75 Å². The summed E-state index contributed by atoms with van der Waals surface area (Å²) in [6.07, 6.45) is 5.20. The van der Waals surface area contributed by atoms with Crippen LogP contribution < -0.4 is 15.4 Å². The Morgan fingerprint density at radius 1 is 1.06 bits per heavy atom. The maximum Gasteiger partial charge on any atom is 0.265 e. The summed E-state index contributed by atoms with van der Waals surface area (Å²) in [5.41, 5.74) is 3.59. The third-order valence-corrected chi connectivity index (χ3v) is 5.50. The Kier molecular flexibility index (Phi) is 8.47. The van der Waals surface area contributed by atoms with Gasteiger partial charge < -0.3 is 20.1 Å². The number of para-hydroxylation sites is 1. The molecule has 31 heavy (non-hydrogen) atoms. The van der Waals surface area contributed by atoms with Crippen LogP contribution in [-0.2, 0) is 22.4 Å². The van der Waals surface area contributed by atoms with Crippen LogP contribution in [0.4, 0.5) is 5.69 Å². The topological polar surface area (TPSA) is 76.7 Å². The number of anilines is 1. The first-order valence-corrected chi connectivity index (χ1v) is 11.1. The maximum atomic E-state index is 12.9. The fraction of sp³-hybridized carbons (Fsp3) is 0.440. The van der Waals surface area contributed by atoms with Crippen molar-refractivity contribution in [3.63, 3.8) is 0 Å². The fourth-order valence-electron chi connectivity index (χ4n) is 3.79. The average molecular weight is 425 g/mol. The zero-order valence-electron chi connectivity index (χ0n) is 18.4. The number of carbonyl (C=O) groups is 2. The molecule has 1 atom stereocenters. The van der Waals surface area contributed by atoms with Crippen LogP contribution in [0.2, 0.25) is 0 Å². The quantitative estimate of drug-likeness (QED) is 0.563. The minimum absolute atomic E-state index is 0.226. The lowest BCUT2D eigenvalue weighted by atomic mass is 9.92. The van der Waals surface area contributed by atoms with Crippen LogP contribution in [0.5, 0.6) is 5.75 Å². The van der Waals surface area contributed by atoms with E-state index in [9.17, 15) is 9.59 Å². The standard InChI is InChI=1S/C25H32N2O4/c1-3-23(31-20-14-13-18-9-4-5-10-19(18)17-20)25(29)27-22-12-7-6-11-21(22)24(28)26-15-8-16-30-2/h6-7,11-14,17,23H,3-5,8-10,15-16H2,1-2H3,(H,26,28)(H,27,29)/t23-/m1/s1. The summed E-state index contributed by atoms with van der Waals surface area (Å²) in [4.78, 5) is 25.5. The highest BCUT2D eigenvalue weighted by Crippen LogP contribution is 2.26. The van der Waals surface area contributed by atoms with Crippen LogP contribution in [0, 0.1) is 0 Å². The maximum absolute atomic E-state index is 12.9. The van der Waals surface area contributed by atoms with Crippen LogP contribution in [0.15, 0.2) is 42.5 Å². The molecule has 0 bridgehead atoms. The summed E-state index contributed by atoms with van der Waals surface area (Å²) in [6, 6.07) is 13.1.